The molecule has 0 fully saturated rings. The molecule has 0 aliphatic heterocycles. The molecule has 1 amide bonds. The topological polar surface area (TPSA) is 129 Å². The van der Waals surface area contributed by atoms with Crippen LogP contribution in [0.15, 0.2) is 78.9 Å². The molecule has 3 aromatic rings. The van der Waals surface area contributed by atoms with Gasteiger partial charge in [0.15, 0.2) is 33.3 Å². The fourth-order valence-corrected chi connectivity index (χ4v) is 11.6. The zero-order chi connectivity index (χ0) is 57.4. The molecule has 0 saturated carbocycles. The summed E-state index contributed by atoms with van der Waals surface area (Å²) in [5, 5.41) is 14.4. The maximum absolute atomic E-state index is 12.4. The van der Waals surface area contributed by atoms with E-state index in [2.05, 4.69) is 195 Å². The summed E-state index contributed by atoms with van der Waals surface area (Å²) in [5.41, 5.74) is 11.4. The molecule has 0 heterocycles. The molecule has 3 aromatic carbocycles. The second kappa shape index (κ2) is 28.5. The van der Waals surface area contributed by atoms with Gasteiger partial charge >= 0.3 is 0 Å². The number of amides is 1. The van der Waals surface area contributed by atoms with Gasteiger partial charge in [0.1, 0.15) is 6.29 Å². The van der Waals surface area contributed by atoms with Crippen LogP contribution in [0.2, 0.25) is 72.5 Å². The number of hydrogen-bond donors (Lipinski definition) is 3. The maximum atomic E-state index is 12.4. The Balaban J connectivity index is 0.000000529. The number of nitrogens with two attached hydrogens (primary N) is 1. The monoisotopic (exact) mass is 1110 g/mol. The number of hydrogen-bond acceptors (Lipinski definition) is 8. The highest BCUT2D eigenvalue weighted by atomic mass is 28.4. The Labute approximate surface area is 463 Å². The highest BCUT2D eigenvalue weighted by Gasteiger charge is 2.45. The predicted molar refractivity (Wildman–Crippen MR) is 329 cm³/mol. The quantitative estimate of drug-likeness (QED) is 0.0372. The minimum Gasteiger partial charge on any atom is -0.415 e. The Morgan fingerprint density at radius 1 is 0.533 bits per heavy atom. The Kier molecular flexibility index (Phi) is 26.1. The third-order valence-corrected chi connectivity index (χ3v) is 35.3. The van der Waals surface area contributed by atoms with Crippen LogP contribution in [0.25, 0.3) is 0 Å². The van der Waals surface area contributed by atoms with Crippen molar-refractivity contribution < 1.29 is 32.4 Å². The number of benzene rings is 3. The van der Waals surface area contributed by atoms with Gasteiger partial charge in [-0.3, -0.25) is 9.59 Å². The van der Waals surface area contributed by atoms with E-state index in [-0.39, 0.29) is 26.1 Å². The van der Waals surface area contributed by atoms with E-state index < -0.39 is 50.5 Å². The van der Waals surface area contributed by atoms with Crippen molar-refractivity contribution in [3.05, 3.63) is 107 Å². The predicted octanol–water partition coefficient (Wildman–Crippen LogP) is 15.9. The van der Waals surface area contributed by atoms with Crippen molar-refractivity contribution in [2.75, 3.05) is 26.4 Å². The molecule has 426 valence electrons. The van der Waals surface area contributed by atoms with Crippen molar-refractivity contribution in [1.82, 2.24) is 5.32 Å². The Morgan fingerprint density at radius 3 is 1.31 bits per heavy atom. The first kappa shape index (κ1) is 68.5. The van der Waals surface area contributed by atoms with Crippen molar-refractivity contribution in [2.24, 2.45) is 5.73 Å². The summed E-state index contributed by atoms with van der Waals surface area (Å²) >= 11 is 0. The average molecular weight is 1110 g/mol. The molecule has 3 rings (SSSR count). The fraction of sp³-hybridized carbons (Fsp3) is 0.677. The third-order valence-electron chi connectivity index (χ3n) is 17.3. The summed E-state index contributed by atoms with van der Waals surface area (Å²) in [6, 6.07) is 26.8. The van der Waals surface area contributed by atoms with Crippen molar-refractivity contribution in [2.45, 2.75) is 244 Å². The molecule has 1 unspecified atom stereocenters. The number of aliphatic hydroxyl groups is 1. The van der Waals surface area contributed by atoms with Crippen LogP contribution >= 0.6 is 0 Å². The van der Waals surface area contributed by atoms with Gasteiger partial charge in [-0.2, -0.15) is 0 Å². The zero-order valence-corrected chi connectivity index (χ0v) is 55.5. The Bertz CT molecular complexity index is 2070. The molecule has 13 heteroatoms. The molecule has 75 heavy (non-hydrogen) atoms. The van der Waals surface area contributed by atoms with Gasteiger partial charge in [0, 0.05) is 12.5 Å². The number of carbonyl (C=O) groups excluding carboxylic acids is 2. The number of aryl methyl sites for hydroxylation is 3. The first-order valence-electron chi connectivity index (χ1n) is 28.2. The van der Waals surface area contributed by atoms with E-state index >= 15 is 0 Å². The first-order valence-corrected chi connectivity index (χ1v) is 39.8. The average Bonchev–Trinajstić information content (AvgIpc) is 3.30. The summed E-state index contributed by atoms with van der Waals surface area (Å²) in [7, 11) is -7.95. The lowest BCUT2D eigenvalue weighted by Crippen LogP contribution is -2.59. The second-order valence-corrected chi connectivity index (χ2v) is 47.3. The van der Waals surface area contributed by atoms with Gasteiger partial charge in [-0.15, -0.1) is 0 Å². The molecule has 0 aliphatic carbocycles. The standard InChI is InChI=1S/C36H63NO3Si2.C26H47NO4Si2/c1-34(2,3)41(7,8)39-28-36(37,29-40-42(9,10)35(4,5)6)27-26-31-22-24-32(25-23-31)33(38)21-17-12-11-14-18-30-19-15-13-16-20-30;1-21(29)27-26(19-30-32(8,9)24(2,3)4,20-31-33(10,11)25(5,6)7)17-16-22-12-14-23(18-28)15-13-22/h13,15-16,19-20,22-25,33,38H,11-12,14,17-18,21,26-29,37H2,1-10H3;12-15,18H,16-17,19-20H2,1-11H3,(H,27,29). The van der Waals surface area contributed by atoms with E-state index in [1.54, 1.807) is 6.92 Å². The van der Waals surface area contributed by atoms with Gasteiger partial charge in [0.25, 0.3) is 0 Å². The minimum atomic E-state index is -2.03. The first-order chi connectivity index (χ1) is 34.2. The molecular weight excluding hydrogens is 997 g/mol. The van der Waals surface area contributed by atoms with Crippen LogP contribution in [0.5, 0.6) is 0 Å². The van der Waals surface area contributed by atoms with E-state index in [4.69, 9.17) is 23.4 Å². The Hall–Kier alpha value is -2.57. The van der Waals surface area contributed by atoms with E-state index in [0.717, 1.165) is 62.4 Å². The van der Waals surface area contributed by atoms with Crippen LogP contribution in [0.4, 0.5) is 0 Å². The number of aldehydes is 1. The van der Waals surface area contributed by atoms with Gasteiger partial charge < -0.3 is 33.9 Å². The molecule has 9 nitrogen and oxygen atoms in total. The van der Waals surface area contributed by atoms with Crippen molar-refractivity contribution in [1.29, 1.82) is 0 Å². The second-order valence-electron chi connectivity index (χ2n) is 28.1. The highest BCUT2D eigenvalue weighted by Crippen LogP contribution is 2.41. The lowest BCUT2D eigenvalue weighted by molar-refractivity contribution is -0.122. The molecule has 0 radical (unpaired) electrons. The smallest absolute Gasteiger partial charge is 0.217 e. The van der Waals surface area contributed by atoms with Crippen LogP contribution in [0, 0.1) is 0 Å². The van der Waals surface area contributed by atoms with Crippen molar-refractivity contribution >= 4 is 45.5 Å². The number of aliphatic hydroxyl groups excluding tert-OH is 1. The summed E-state index contributed by atoms with van der Waals surface area (Å²) in [6.45, 7) is 48.5. The van der Waals surface area contributed by atoms with Gasteiger partial charge in [0.05, 0.1) is 43.6 Å². The van der Waals surface area contributed by atoms with Gasteiger partial charge in [-0.05, 0) is 140 Å². The van der Waals surface area contributed by atoms with Crippen LogP contribution < -0.4 is 11.1 Å². The lowest BCUT2D eigenvalue weighted by atomic mass is 9.92. The maximum Gasteiger partial charge on any atom is 0.217 e. The number of carbonyl (C=O) groups is 2. The van der Waals surface area contributed by atoms with E-state index in [9.17, 15) is 14.7 Å². The molecule has 0 spiro atoms. The SMILES string of the molecule is CC(=O)NC(CCc1ccc(C=O)cc1)(CO[Si](C)(C)C(C)(C)C)CO[Si](C)(C)C(C)(C)C.CC(C)(C)[Si](C)(C)OCC(N)(CCc1ccc(C(O)CCCCCCc2ccccc2)cc1)CO[Si](C)(C)C(C)(C)C. The summed E-state index contributed by atoms with van der Waals surface area (Å²) in [5.74, 6) is -0.0797. The molecule has 0 saturated heterocycles. The molecular formula is C62H110N2O7Si4. The molecule has 0 aromatic heterocycles. The Morgan fingerprint density at radius 2 is 0.907 bits per heavy atom. The number of rotatable bonds is 28. The van der Waals surface area contributed by atoms with Gasteiger partial charge in [-0.1, -0.05) is 181 Å². The van der Waals surface area contributed by atoms with Gasteiger partial charge in [-0.25, -0.2) is 0 Å². The highest BCUT2D eigenvalue weighted by molar-refractivity contribution is 6.75. The van der Waals surface area contributed by atoms with E-state index in [1.165, 1.54) is 24.0 Å². The van der Waals surface area contributed by atoms with Crippen molar-refractivity contribution in [3.63, 3.8) is 0 Å². The molecule has 0 aliphatic rings. The third kappa shape index (κ3) is 23.4. The number of unbranched alkanes of at least 4 members (excludes halogenated alkanes) is 3. The van der Waals surface area contributed by atoms with E-state index in [0.29, 0.717) is 38.4 Å². The molecule has 4 N–H and O–H groups in total. The van der Waals surface area contributed by atoms with Crippen molar-refractivity contribution in [3.8, 4) is 0 Å². The summed E-state index contributed by atoms with van der Waals surface area (Å²) in [6.07, 6.45) is 10.1. The van der Waals surface area contributed by atoms with Crippen LogP contribution in [0.3, 0.4) is 0 Å². The fourth-order valence-electron chi connectivity index (χ4n) is 7.31. The van der Waals surface area contributed by atoms with Crippen LogP contribution in [0.1, 0.15) is 174 Å². The summed E-state index contributed by atoms with van der Waals surface area (Å²) < 4.78 is 26.6. The van der Waals surface area contributed by atoms with Gasteiger partial charge in [0.2, 0.25) is 5.91 Å². The zero-order valence-electron chi connectivity index (χ0n) is 51.5. The van der Waals surface area contributed by atoms with Crippen LogP contribution in [-0.4, -0.2) is 88.1 Å². The largest absolute Gasteiger partial charge is 0.415 e. The number of nitrogens with one attached hydrogen (secondary N) is 1. The molecule has 0 bridgehead atoms. The normalized spacial score (nSPS) is 14.0. The lowest BCUT2D eigenvalue weighted by Gasteiger charge is -2.44. The minimum absolute atomic E-state index is 0.0694. The van der Waals surface area contributed by atoms with E-state index in [1.807, 2.05) is 24.3 Å². The molecule has 1 atom stereocenters. The summed E-state index contributed by atoms with van der Waals surface area (Å²) in [4.78, 5) is 23.4. The van der Waals surface area contributed by atoms with Crippen LogP contribution in [-0.2, 0) is 41.8 Å².